The van der Waals surface area contributed by atoms with Crippen molar-refractivity contribution in [2.75, 3.05) is 19.1 Å². The summed E-state index contributed by atoms with van der Waals surface area (Å²) in [5.74, 6) is -1.28. The molecule has 160 valence electrons. The Morgan fingerprint density at radius 1 is 0.969 bits per heavy atom. The van der Waals surface area contributed by atoms with Crippen LogP contribution in [-0.4, -0.2) is 36.1 Å². The van der Waals surface area contributed by atoms with Crippen molar-refractivity contribution in [3.63, 3.8) is 0 Å². The van der Waals surface area contributed by atoms with Crippen LogP contribution in [0.5, 0.6) is 0 Å². The number of anilines is 1. The molecule has 1 aliphatic rings. The first kappa shape index (κ1) is 21.2. The lowest BCUT2D eigenvalue weighted by molar-refractivity contribution is -0.139. The molecule has 3 aromatic rings. The molecule has 0 fully saturated rings. The summed E-state index contributed by atoms with van der Waals surface area (Å²) in [6.07, 6.45) is 10.1. The fourth-order valence-corrected chi connectivity index (χ4v) is 4.04. The van der Waals surface area contributed by atoms with Gasteiger partial charge >= 0.3 is 11.9 Å². The molecular weight excluding hydrogens is 426 g/mol. The second-order valence-electron chi connectivity index (χ2n) is 6.64. The van der Waals surface area contributed by atoms with Gasteiger partial charge in [-0.25, -0.2) is 14.6 Å². The highest BCUT2D eigenvalue weighted by Crippen LogP contribution is 2.33. The van der Waals surface area contributed by atoms with Crippen LogP contribution in [0, 0.1) is 0 Å². The summed E-state index contributed by atoms with van der Waals surface area (Å²) in [6, 6.07) is 11.4. The van der Waals surface area contributed by atoms with Gasteiger partial charge in [0.1, 0.15) is 10.7 Å². The van der Waals surface area contributed by atoms with Crippen molar-refractivity contribution in [1.82, 2.24) is 9.97 Å². The average molecular weight is 446 g/mol. The Morgan fingerprint density at radius 3 is 2.50 bits per heavy atom. The van der Waals surface area contributed by atoms with Gasteiger partial charge in [-0.05, 0) is 36.4 Å². The second kappa shape index (κ2) is 9.40. The van der Waals surface area contributed by atoms with Crippen LogP contribution in [0.4, 0.5) is 5.69 Å². The van der Waals surface area contributed by atoms with E-state index in [-0.39, 0.29) is 11.3 Å². The lowest BCUT2D eigenvalue weighted by Gasteiger charge is -2.23. The molecule has 32 heavy (non-hydrogen) atoms. The van der Waals surface area contributed by atoms with Crippen molar-refractivity contribution in [1.29, 1.82) is 0 Å². The van der Waals surface area contributed by atoms with E-state index in [0.717, 1.165) is 21.8 Å². The predicted octanol–water partition coefficient (Wildman–Crippen LogP) is 4.36. The van der Waals surface area contributed by atoms with Gasteiger partial charge in [0.15, 0.2) is 0 Å². The van der Waals surface area contributed by atoms with Gasteiger partial charge in [-0.3, -0.25) is 4.98 Å². The molecule has 0 amide bonds. The summed E-state index contributed by atoms with van der Waals surface area (Å²) in [4.78, 5) is 35.4. The molecule has 0 aliphatic carbocycles. The monoisotopic (exact) mass is 445 g/mol. The van der Waals surface area contributed by atoms with Crippen molar-refractivity contribution in [2.45, 2.75) is 0 Å². The molecule has 3 heterocycles. The molecule has 0 N–H and O–H groups in total. The lowest BCUT2D eigenvalue weighted by Crippen LogP contribution is -2.26. The highest BCUT2D eigenvalue weighted by atomic mass is 32.1. The second-order valence-corrected chi connectivity index (χ2v) is 7.50. The molecule has 0 atom stereocenters. The van der Waals surface area contributed by atoms with E-state index in [2.05, 4.69) is 4.98 Å². The minimum absolute atomic E-state index is 0.0677. The first-order valence-electron chi connectivity index (χ1n) is 9.63. The van der Waals surface area contributed by atoms with E-state index < -0.39 is 11.9 Å². The topological polar surface area (TPSA) is 81.6 Å². The summed E-state index contributed by atoms with van der Waals surface area (Å²) >= 11 is 1.52. The van der Waals surface area contributed by atoms with Crippen LogP contribution in [0.1, 0.15) is 0 Å². The fraction of sp³-hybridized carbons (Fsp3) is 0.0833. The van der Waals surface area contributed by atoms with Crippen LogP contribution >= 0.6 is 11.3 Å². The van der Waals surface area contributed by atoms with Gasteiger partial charge in [0.2, 0.25) is 0 Å². The first-order chi connectivity index (χ1) is 15.6. The molecule has 0 spiro atoms. The molecule has 2 aromatic heterocycles. The molecule has 0 bridgehead atoms. The number of hydrogen-bond donors (Lipinski definition) is 0. The van der Waals surface area contributed by atoms with Gasteiger partial charge in [0.25, 0.3) is 0 Å². The summed E-state index contributed by atoms with van der Waals surface area (Å²) in [7, 11) is 2.54. The number of aromatic nitrogens is 2. The van der Waals surface area contributed by atoms with Crippen LogP contribution in [0.3, 0.4) is 0 Å². The zero-order chi connectivity index (χ0) is 22.5. The Balaban J connectivity index is 1.76. The molecule has 8 heteroatoms. The Bertz CT molecular complexity index is 1240. The van der Waals surface area contributed by atoms with Gasteiger partial charge in [0.05, 0.1) is 25.5 Å². The molecular formula is C24H19N3O4S. The molecule has 1 aliphatic heterocycles. The third kappa shape index (κ3) is 4.21. The number of carbonyl (C=O) groups excluding carboxylic acids is 2. The van der Waals surface area contributed by atoms with Gasteiger partial charge < -0.3 is 14.4 Å². The highest BCUT2D eigenvalue weighted by molar-refractivity contribution is 7.13. The Kier molecular flexibility index (Phi) is 6.23. The van der Waals surface area contributed by atoms with E-state index >= 15 is 0 Å². The minimum Gasteiger partial charge on any atom is -0.465 e. The van der Waals surface area contributed by atoms with E-state index in [9.17, 15) is 9.59 Å². The third-order valence-electron chi connectivity index (χ3n) is 4.74. The van der Waals surface area contributed by atoms with Crippen LogP contribution in [0.15, 0.2) is 89.9 Å². The Labute approximate surface area is 189 Å². The normalized spacial score (nSPS) is 13.1. The number of hydrogen-bond acceptors (Lipinski definition) is 8. The molecule has 0 radical (unpaired) electrons. The van der Waals surface area contributed by atoms with Gasteiger partial charge in [-0.1, -0.05) is 18.2 Å². The first-order valence-corrected chi connectivity index (χ1v) is 10.5. The van der Waals surface area contributed by atoms with Crippen molar-refractivity contribution in [2.24, 2.45) is 0 Å². The van der Waals surface area contributed by atoms with Gasteiger partial charge in [0, 0.05) is 40.8 Å². The molecule has 0 saturated heterocycles. The average Bonchev–Trinajstić information content (AvgIpc) is 3.24. The quantitative estimate of drug-likeness (QED) is 0.540. The molecule has 7 nitrogen and oxygen atoms in total. The molecule has 4 rings (SSSR count). The largest absolute Gasteiger partial charge is 0.465 e. The summed E-state index contributed by atoms with van der Waals surface area (Å²) in [5, 5.41) is 2.81. The maximum absolute atomic E-state index is 12.6. The van der Waals surface area contributed by atoms with Gasteiger partial charge in [-0.2, -0.15) is 0 Å². The van der Waals surface area contributed by atoms with E-state index in [1.54, 1.807) is 35.6 Å². The highest BCUT2D eigenvalue weighted by Gasteiger charge is 2.27. The Morgan fingerprint density at radius 2 is 1.75 bits per heavy atom. The third-order valence-corrected chi connectivity index (χ3v) is 5.63. The predicted molar refractivity (Wildman–Crippen MR) is 123 cm³/mol. The van der Waals surface area contributed by atoms with E-state index in [0.29, 0.717) is 5.69 Å². The smallest absolute Gasteiger partial charge is 0.355 e. The van der Waals surface area contributed by atoms with Crippen LogP contribution in [0.25, 0.3) is 21.8 Å². The number of thiazole rings is 1. The fourth-order valence-electron chi connectivity index (χ4n) is 3.22. The van der Waals surface area contributed by atoms with E-state index in [1.807, 2.05) is 41.8 Å². The SMILES string of the molecule is COC(=O)C1=C(C(=O)OC)N(c2cccc(-c3nc(-c4ccncc4)cs3)c2)C=CC=C1. The number of rotatable bonds is 5. The standard InChI is InChI=1S/C24H19N3O4S/c1-30-23(28)19-8-3-4-13-27(21(19)24(29)31-2)18-7-5-6-17(14-18)22-26-20(15-32-22)16-9-11-25-12-10-16/h3-15H,1-2H3. The summed E-state index contributed by atoms with van der Waals surface area (Å²) < 4.78 is 9.83. The number of benzene rings is 1. The van der Waals surface area contributed by atoms with E-state index in [4.69, 9.17) is 14.5 Å². The van der Waals surface area contributed by atoms with Crippen molar-refractivity contribution in [3.8, 4) is 21.8 Å². The number of ether oxygens (including phenoxy) is 2. The van der Waals surface area contributed by atoms with Crippen LogP contribution in [-0.2, 0) is 19.1 Å². The Hall–Kier alpha value is -4.04. The number of methoxy groups -OCH3 is 2. The summed E-state index contributed by atoms with van der Waals surface area (Å²) in [6.45, 7) is 0. The number of esters is 2. The van der Waals surface area contributed by atoms with Crippen LogP contribution in [0.2, 0.25) is 0 Å². The zero-order valence-electron chi connectivity index (χ0n) is 17.4. The maximum Gasteiger partial charge on any atom is 0.355 e. The van der Waals surface area contributed by atoms with Crippen LogP contribution < -0.4 is 4.90 Å². The zero-order valence-corrected chi connectivity index (χ0v) is 18.2. The van der Waals surface area contributed by atoms with Crippen molar-refractivity contribution in [3.05, 3.63) is 89.9 Å². The number of pyridine rings is 1. The summed E-state index contributed by atoms with van der Waals surface area (Å²) in [5.41, 5.74) is 3.56. The minimum atomic E-state index is -0.652. The van der Waals surface area contributed by atoms with Gasteiger partial charge in [-0.15, -0.1) is 11.3 Å². The molecule has 1 aromatic carbocycles. The number of nitrogens with zero attached hydrogens (tertiary/aromatic N) is 3. The molecule has 0 unspecified atom stereocenters. The number of allylic oxidation sites excluding steroid dienone is 2. The number of carbonyl (C=O) groups is 2. The lowest BCUT2D eigenvalue weighted by atomic mass is 10.1. The van der Waals surface area contributed by atoms with Crippen molar-refractivity contribution >= 4 is 29.0 Å². The maximum atomic E-state index is 12.6. The van der Waals surface area contributed by atoms with Crippen molar-refractivity contribution < 1.29 is 19.1 Å². The van der Waals surface area contributed by atoms with E-state index in [1.165, 1.54) is 31.6 Å². The molecule has 0 saturated carbocycles.